The summed E-state index contributed by atoms with van der Waals surface area (Å²) in [5.74, 6) is -1.52. The molecule has 1 aromatic carbocycles. The lowest BCUT2D eigenvalue weighted by Crippen LogP contribution is -2.28. The number of carbonyl (C=O) groups excluding carboxylic acids is 2. The summed E-state index contributed by atoms with van der Waals surface area (Å²) in [5, 5.41) is 2.77. The first-order valence-corrected chi connectivity index (χ1v) is 12.3. The maximum atomic E-state index is 13.1. The topological polar surface area (TPSA) is 62.3 Å². The van der Waals surface area contributed by atoms with Gasteiger partial charge in [0.1, 0.15) is 5.82 Å². The van der Waals surface area contributed by atoms with Gasteiger partial charge >= 0.3 is 0 Å². The van der Waals surface area contributed by atoms with E-state index in [9.17, 15) is 14.0 Å². The van der Waals surface area contributed by atoms with E-state index in [1.54, 1.807) is 31.5 Å². The van der Waals surface area contributed by atoms with Crippen molar-refractivity contribution in [2.75, 3.05) is 11.9 Å². The number of aromatic nitrogens is 1. The Morgan fingerprint density at radius 3 is 2.31 bits per heavy atom. The van der Waals surface area contributed by atoms with Crippen LogP contribution in [0.2, 0.25) is 0 Å². The van der Waals surface area contributed by atoms with Crippen LogP contribution in [0.4, 0.5) is 10.1 Å². The van der Waals surface area contributed by atoms with Crippen molar-refractivity contribution in [3.63, 3.8) is 0 Å². The van der Waals surface area contributed by atoms with Crippen molar-refractivity contribution < 1.29 is 14.0 Å². The first-order valence-electron chi connectivity index (χ1n) is 12.3. The minimum absolute atomic E-state index is 0.270. The van der Waals surface area contributed by atoms with Crippen LogP contribution in [0.3, 0.4) is 0 Å². The quantitative estimate of drug-likeness (QED) is 0.361. The maximum Gasteiger partial charge on any atom is 0.296 e. The summed E-state index contributed by atoms with van der Waals surface area (Å²) in [6.45, 7) is 14.1. The van der Waals surface area contributed by atoms with Gasteiger partial charge in [-0.15, -0.1) is 0 Å². The lowest BCUT2D eigenvalue weighted by atomic mass is 10.1. The van der Waals surface area contributed by atoms with Crippen LogP contribution in [-0.4, -0.2) is 28.1 Å². The Balaban J connectivity index is 0.00000145. The Bertz CT molecular complexity index is 1070. The number of allylic oxidation sites excluding steroid dienone is 3. The monoisotopic (exact) mass is 479 g/mol. The predicted molar refractivity (Wildman–Crippen MR) is 142 cm³/mol. The molecular weight excluding hydrogens is 441 g/mol. The number of aryl methyl sites for hydroxylation is 2. The molecule has 1 aliphatic heterocycles. The van der Waals surface area contributed by atoms with E-state index in [1.165, 1.54) is 12.1 Å². The number of nitrogens with zero attached hydrogens (tertiary/aromatic N) is 2. The largest absolute Gasteiger partial charge is 0.347 e. The molecule has 1 aliphatic rings. The molecule has 35 heavy (non-hydrogen) atoms. The van der Waals surface area contributed by atoms with Gasteiger partial charge in [0.25, 0.3) is 5.91 Å². The molecule has 0 atom stereocenters. The second kappa shape index (κ2) is 15.4. The van der Waals surface area contributed by atoms with E-state index >= 15 is 0 Å². The number of benzene rings is 1. The Hall–Kier alpha value is -3.54. The number of ketones is 1. The van der Waals surface area contributed by atoms with E-state index in [0.717, 1.165) is 16.7 Å². The number of pyridine rings is 1. The molecule has 0 aliphatic carbocycles. The van der Waals surface area contributed by atoms with E-state index in [1.807, 2.05) is 70.9 Å². The summed E-state index contributed by atoms with van der Waals surface area (Å²) >= 11 is 0. The summed E-state index contributed by atoms with van der Waals surface area (Å²) in [5.41, 5.74) is 4.36. The summed E-state index contributed by atoms with van der Waals surface area (Å²) in [7, 11) is 0. The third kappa shape index (κ3) is 8.32. The number of amides is 1. The number of anilines is 1. The fourth-order valence-electron chi connectivity index (χ4n) is 3.44. The molecule has 0 radical (unpaired) electrons. The zero-order valence-corrected chi connectivity index (χ0v) is 22.0. The second-order valence-electron chi connectivity index (χ2n) is 7.41. The zero-order valence-electron chi connectivity index (χ0n) is 22.0. The number of hydrogen-bond donors (Lipinski definition) is 1. The molecule has 0 saturated heterocycles. The van der Waals surface area contributed by atoms with Gasteiger partial charge in [-0.3, -0.25) is 14.6 Å². The van der Waals surface area contributed by atoms with Crippen LogP contribution >= 0.6 is 0 Å². The Morgan fingerprint density at radius 2 is 1.69 bits per heavy atom. The third-order valence-electron chi connectivity index (χ3n) is 5.26. The molecule has 3 rings (SSSR count). The minimum Gasteiger partial charge on any atom is -0.347 e. The van der Waals surface area contributed by atoms with Crippen LogP contribution in [0.15, 0.2) is 72.4 Å². The molecule has 0 fully saturated rings. The van der Waals surface area contributed by atoms with E-state index in [0.29, 0.717) is 36.3 Å². The first-order chi connectivity index (χ1) is 16.9. The fraction of sp³-hybridized carbons (Fsp3) is 0.345. The summed E-state index contributed by atoms with van der Waals surface area (Å²) in [4.78, 5) is 31.7. The lowest BCUT2D eigenvalue weighted by Gasteiger charge is -2.25. The number of rotatable bonds is 7. The SMILES string of the molecule is CC.CC.CCc1cncc(C)c1NC(=O)C(=O)/C(C)=C1\C=CC=CN1CCc1ccc(F)cc1. The van der Waals surface area contributed by atoms with E-state index in [4.69, 9.17) is 0 Å². The smallest absolute Gasteiger partial charge is 0.296 e. The summed E-state index contributed by atoms with van der Waals surface area (Å²) in [6.07, 6.45) is 12.1. The van der Waals surface area contributed by atoms with Gasteiger partial charge in [0.05, 0.1) is 5.69 Å². The molecule has 0 bridgehead atoms. The molecule has 0 saturated carbocycles. The van der Waals surface area contributed by atoms with E-state index < -0.39 is 11.7 Å². The predicted octanol–water partition coefficient (Wildman–Crippen LogP) is 6.55. The van der Waals surface area contributed by atoms with Crippen molar-refractivity contribution in [3.05, 3.63) is 94.9 Å². The maximum absolute atomic E-state index is 13.1. The van der Waals surface area contributed by atoms with Crippen molar-refractivity contribution >= 4 is 17.4 Å². The molecule has 2 aromatic rings. The van der Waals surface area contributed by atoms with Crippen LogP contribution in [-0.2, 0) is 22.4 Å². The molecule has 5 nitrogen and oxygen atoms in total. The standard InChI is InChI=1S/C25H26FN3O2.2C2H6/c1-4-20-16-27-15-17(2)23(20)28-25(31)24(30)18(3)22-7-5-6-13-29(22)14-12-19-8-10-21(26)11-9-19;2*1-2/h5-11,13,15-16H,4,12,14H2,1-3H3,(H,27,28,31);2*1-2H3/b22-18+;;. The van der Waals surface area contributed by atoms with Gasteiger partial charge in [-0.2, -0.15) is 0 Å². The highest BCUT2D eigenvalue weighted by atomic mass is 19.1. The number of halogens is 1. The Labute approximate surface area is 209 Å². The molecule has 2 heterocycles. The fourth-order valence-corrected chi connectivity index (χ4v) is 3.44. The van der Waals surface area contributed by atoms with Crippen molar-refractivity contribution in [3.8, 4) is 0 Å². The van der Waals surface area contributed by atoms with Crippen LogP contribution in [0, 0.1) is 12.7 Å². The van der Waals surface area contributed by atoms with Crippen molar-refractivity contribution in [1.29, 1.82) is 0 Å². The zero-order chi connectivity index (χ0) is 26.4. The normalized spacial score (nSPS) is 13.2. The number of Topliss-reactive ketones (excluding diaryl/α,β-unsaturated/α-hetero) is 1. The van der Waals surface area contributed by atoms with Crippen LogP contribution in [0.1, 0.15) is 58.2 Å². The first kappa shape index (κ1) is 29.5. The van der Waals surface area contributed by atoms with Gasteiger partial charge in [0.15, 0.2) is 0 Å². The average molecular weight is 480 g/mol. The van der Waals surface area contributed by atoms with Crippen molar-refractivity contribution in [1.82, 2.24) is 9.88 Å². The summed E-state index contributed by atoms with van der Waals surface area (Å²) < 4.78 is 13.1. The molecule has 188 valence electrons. The van der Waals surface area contributed by atoms with Crippen LogP contribution in [0.5, 0.6) is 0 Å². The molecule has 0 spiro atoms. The lowest BCUT2D eigenvalue weighted by molar-refractivity contribution is -0.132. The van der Waals surface area contributed by atoms with E-state index in [-0.39, 0.29) is 5.82 Å². The third-order valence-corrected chi connectivity index (χ3v) is 5.26. The molecule has 6 heteroatoms. The second-order valence-corrected chi connectivity index (χ2v) is 7.41. The van der Waals surface area contributed by atoms with Gasteiger partial charge in [-0.25, -0.2) is 4.39 Å². The molecular formula is C29H38FN3O2. The van der Waals surface area contributed by atoms with Gasteiger partial charge in [-0.05, 0) is 67.7 Å². The van der Waals surface area contributed by atoms with Crippen molar-refractivity contribution in [2.45, 2.75) is 61.3 Å². The minimum atomic E-state index is -0.671. The van der Waals surface area contributed by atoms with Gasteiger partial charge in [0, 0.05) is 36.4 Å². The summed E-state index contributed by atoms with van der Waals surface area (Å²) in [6, 6.07) is 6.36. The highest BCUT2D eigenvalue weighted by Crippen LogP contribution is 2.22. The van der Waals surface area contributed by atoms with Crippen molar-refractivity contribution in [2.24, 2.45) is 0 Å². The number of carbonyl (C=O) groups is 2. The molecule has 1 N–H and O–H groups in total. The highest BCUT2D eigenvalue weighted by molar-refractivity contribution is 6.46. The number of hydrogen-bond acceptors (Lipinski definition) is 4. The molecule has 1 amide bonds. The van der Waals surface area contributed by atoms with Gasteiger partial charge < -0.3 is 10.2 Å². The molecule has 1 aromatic heterocycles. The Morgan fingerprint density at radius 1 is 1.03 bits per heavy atom. The highest BCUT2D eigenvalue weighted by Gasteiger charge is 2.22. The molecule has 0 unspecified atom stereocenters. The average Bonchev–Trinajstić information content (AvgIpc) is 2.91. The Kier molecular flexibility index (Phi) is 13.0. The van der Waals surface area contributed by atoms with E-state index in [2.05, 4.69) is 10.3 Å². The number of nitrogens with one attached hydrogen (secondary N) is 1. The van der Waals surface area contributed by atoms with Gasteiger partial charge in [0.2, 0.25) is 5.78 Å². The van der Waals surface area contributed by atoms with Gasteiger partial charge in [-0.1, -0.05) is 52.8 Å². The van der Waals surface area contributed by atoms with Crippen LogP contribution < -0.4 is 5.32 Å². The van der Waals surface area contributed by atoms with Crippen LogP contribution in [0.25, 0.3) is 0 Å².